The molecule has 0 aliphatic heterocycles. The van der Waals surface area contributed by atoms with Crippen molar-refractivity contribution in [1.29, 1.82) is 0 Å². The van der Waals surface area contributed by atoms with Gasteiger partial charge in [-0.25, -0.2) is 8.42 Å². The van der Waals surface area contributed by atoms with Crippen molar-refractivity contribution in [3.63, 3.8) is 0 Å². The zero-order valence-electron chi connectivity index (χ0n) is 14.8. The van der Waals surface area contributed by atoms with Crippen LogP contribution >= 0.6 is 0 Å². The molecule has 0 N–H and O–H groups in total. The number of hydrogen-bond donors (Lipinski definition) is 0. The van der Waals surface area contributed by atoms with E-state index in [4.69, 9.17) is 0 Å². The highest BCUT2D eigenvalue weighted by Gasteiger charge is 2.34. The van der Waals surface area contributed by atoms with Gasteiger partial charge in [0.2, 0.25) is 10.0 Å². The first-order chi connectivity index (χ1) is 12.0. The predicted molar refractivity (Wildman–Crippen MR) is 93.5 cm³/mol. The summed E-state index contributed by atoms with van der Waals surface area (Å²) in [5, 5.41) is -0.313. The molecule has 0 saturated heterocycles. The Morgan fingerprint density at radius 2 is 1.81 bits per heavy atom. The van der Waals surface area contributed by atoms with Crippen LogP contribution in [0.3, 0.4) is 0 Å². The number of benzene rings is 1. The first-order valence-electron chi connectivity index (χ1n) is 8.25. The zero-order chi connectivity index (χ0) is 19.7. The summed E-state index contributed by atoms with van der Waals surface area (Å²) in [5.41, 5.74) is -1.91. The molecule has 26 heavy (non-hydrogen) atoms. The monoisotopic (exact) mass is 390 g/mol. The third-order valence-electron chi connectivity index (χ3n) is 4.27. The number of unbranched alkanes of at least 4 members (excludes halogenated alkanes) is 1. The maximum atomic E-state index is 13.3. The van der Waals surface area contributed by atoms with E-state index in [-0.39, 0.29) is 22.3 Å². The van der Waals surface area contributed by atoms with Crippen molar-refractivity contribution in [2.24, 2.45) is 7.05 Å². The predicted octanol–water partition coefficient (Wildman–Crippen LogP) is 3.37. The molecule has 0 saturated carbocycles. The maximum Gasteiger partial charge on any atom is 0.417 e. The lowest BCUT2D eigenvalue weighted by Crippen LogP contribution is -2.32. The van der Waals surface area contributed by atoms with Crippen LogP contribution in [0.15, 0.2) is 34.0 Å². The minimum absolute atomic E-state index is 0.0281. The Labute approximate surface area is 150 Å². The van der Waals surface area contributed by atoms with Crippen molar-refractivity contribution < 1.29 is 21.6 Å². The second-order valence-electron chi connectivity index (χ2n) is 5.98. The third-order valence-corrected chi connectivity index (χ3v) is 6.25. The summed E-state index contributed by atoms with van der Waals surface area (Å²) in [7, 11) is -2.58. The van der Waals surface area contributed by atoms with Crippen LogP contribution in [0, 0.1) is 0 Å². The molecule has 5 nitrogen and oxygen atoms in total. The van der Waals surface area contributed by atoms with Crippen LogP contribution in [0.1, 0.15) is 32.3 Å². The number of fused-ring (bicyclic) bond motifs is 1. The van der Waals surface area contributed by atoms with E-state index < -0.39 is 27.3 Å². The SMILES string of the molecule is CCCCN(CC)S(=O)(=O)c1ccc2c(c1)c(C(F)(F)F)cc(=O)n2C. The van der Waals surface area contributed by atoms with Gasteiger partial charge in [-0.1, -0.05) is 20.3 Å². The normalized spacial score (nSPS) is 12.9. The molecule has 0 amide bonds. The second-order valence-corrected chi connectivity index (χ2v) is 7.92. The van der Waals surface area contributed by atoms with Gasteiger partial charge in [0.25, 0.3) is 5.56 Å². The van der Waals surface area contributed by atoms with Crippen LogP contribution in [0.5, 0.6) is 0 Å². The summed E-state index contributed by atoms with van der Waals surface area (Å²) in [5.74, 6) is 0. The topological polar surface area (TPSA) is 59.4 Å². The van der Waals surface area contributed by atoms with Crippen LogP contribution in [0.2, 0.25) is 0 Å². The third kappa shape index (κ3) is 3.78. The Hall–Kier alpha value is -1.87. The number of nitrogens with zero attached hydrogens (tertiary/aromatic N) is 2. The molecule has 0 radical (unpaired) electrons. The summed E-state index contributed by atoms with van der Waals surface area (Å²) < 4.78 is 67.9. The van der Waals surface area contributed by atoms with Gasteiger partial charge in [0.15, 0.2) is 0 Å². The van der Waals surface area contributed by atoms with Crippen LogP contribution < -0.4 is 5.56 Å². The molecule has 1 aromatic carbocycles. The Kier molecular flexibility index (Phi) is 5.82. The molecule has 0 bridgehead atoms. The van der Waals surface area contributed by atoms with Gasteiger partial charge in [-0.15, -0.1) is 0 Å². The van der Waals surface area contributed by atoms with E-state index in [0.717, 1.165) is 17.1 Å². The van der Waals surface area contributed by atoms with E-state index in [2.05, 4.69) is 0 Å². The van der Waals surface area contributed by atoms with E-state index in [0.29, 0.717) is 19.0 Å². The molecule has 1 aromatic heterocycles. The average molecular weight is 390 g/mol. The van der Waals surface area contributed by atoms with Gasteiger partial charge in [-0.05, 0) is 24.6 Å². The summed E-state index contributed by atoms with van der Waals surface area (Å²) in [6.45, 7) is 4.12. The lowest BCUT2D eigenvalue weighted by atomic mass is 10.1. The Bertz CT molecular complexity index is 966. The second kappa shape index (κ2) is 7.40. The molecule has 0 fully saturated rings. The lowest BCUT2D eigenvalue weighted by Gasteiger charge is -2.21. The minimum atomic E-state index is -4.76. The number of halogens is 3. The van der Waals surface area contributed by atoms with Crippen LogP contribution in [0.4, 0.5) is 13.2 Å². The number of pyridine rings is 1. The number of hydrogen-bond acceptors (Lipinski definition) is 3. The first kappa shape index (κ1) is 20.4. The van der Waals surface area contributed by atoms with Crippen molar-refractivity contribution >= 4 is 20.9 Å². The van der Waals surface area contributed by atoms with Gasteiger partial charge in [-0.3, -0.25) is 4.79 Å². The van der Waals surface area contributed by atoms with Crippen LogP contribution in [-0.2, 0) is 23.2 Å². The molecule has 9 heteroatoms. The van der Waals surface area contributed by atoms with E-state index >= 15 is 0 Å². The largest absolute Gasteiger partial charge is 0.417 e. The molecular weight excluding hydrogens is 369 g/mol. The Balaban J connectivity index is 2.72. The quantitative estimate of drug-likeness (QED) is 0.760. The molecule has 0 aliphatic rings. The standard InChI is InChI=1S/C17H21F3N2O3S/c1-4-6-9-22(5-2)26(24,25)12-7-8-15-13(10-12)14(17(18,19)20)11-16(23)21(15)3/h7-8,10-11H,4-6,9H2,1-3H3. The van der Waals surface area contributed by atoms with Gasteiger partial charge in [0, 0.05) is 31.6 Å². The Morgan fingerprint density at radius 1 is 1.15 bits per heavy atom. The minimum Gasteiger partial charge on any atom is -0.311 e. The van der Waals surface area contributed by atoms with Crippen molar-refractivity contribution in [3.05, 3.63) is 40.2 Å². The molecule has 0 spiro atoms. The highest BCUT2D eigenvalue weighted by molar-refractivity contribution is 7.89. The molecule has 0 atom stereocenters. The highest BCUT2D eigenvalue weighted by atomic mass is 32.2. The van der Waals surface area contributed by atoms with Gasteiger partial charge in [0.1, 0.15) is 0 Å². The van der Waals surface area contributed by atoms with Gasteiger partial charge >= 0.3 is 6.18 Å². The summed E-state index contributed by atoms with van der Waals surface area (Å²) >= 11 is 0. The van der Waals surface area contributed by atoms with E-state index in [1.165, 1.54) is 23.5 Å². The number of aryl methyl sites for hydroxylation is 1. The fourth-order valence-electron chi connectivity index (χ4n) is 2.77. The summed E-state index contributed by atoms with van der Waals surface area (Å²) in [6.07, 6.45) is -3.31. The van der Waals surface area contributed by atoms with Crippen molar-refractivity contribution in [1.82, 2.24) is 8.87 Å². The number of sulfonamides is 1. The van der Waals surface area contributed by atoms with Gasteiger partial charge in [-0.2, -0.15) is 17.5 Å². The molecule has 1 heterocycles. The van der Waals surface area contributed by atoms with Gasteiger partial charge in [0.05, 0.1) is 16.0 Å². The molecule has 144 valence electrons. The lowest BCUT2D eigenvalue weighted by molar-refractivity contribution is -0.136. The van der Waals surface area contributed by atoms with Crippen molar-refractivity contribution in [2.45, 2.75) is 37.8 Å². The molecule has 0 unspecified atom stereocenters. The van der Waals surface area contributed by atoms with E-state index in [1.807, 2.05) is 6.92 Å². The number of alkyl halides is 3. The molecule has 0 aliphatic carbocycles. The number of rotatable bonds is 6. The summed E-state index contributed by atoms with van der Waals surface area (Å²) in [4.78, 5) is 11.6. The van der Waals surface area contributed by atoms with Crippen LogP contribution in [0.25, 0.3) is 10.9 Å². The highest BCUT2D eigenvalue weighted by Crippen LogP contribution is 2.34. The molecule has 2 aromatic rings. The van der Waals surface area contributed by atoms with E-state index in [1.54, 1.807) is 6.92 Å². The fraction of sp³-hybridized carbons (Fsp3) is 0.471. The molecular formula is C17H21F3N2O3S. The van der Waals surface area contributed by atoms with Gasteiger partial charge < -0.3 is 4.57 Å². The van der Waals surface area contributed by atoms with Crippen molar-refractivity contribution in [3.8, 4) is 0 Å². The van der Waals surface area contributed by atoms with E-state index in [9.17, 15) is 26.4 Å². The smallest absolute Gasteiger partial charge is 0.311 e. The summed E-state index contributed by atoms with van der Waals surface area (Å²) in [6, 6.07) is 3.98. The van der Waals surface area contributed by atoms with Crippen LogP contribution in [-0.4, -0.2) is 30.4 Å². The zero-order valence-corrected chi connectivity index (χ0v) is 15.6. The first-order valence-corrected chi connectivity index (χ1v) is 9.69. The maximum absolute atomic E-state index is 13.3. The average Bonchev–Trinajstić information content (AvgIpc) is 2.57. The molecule has 2 rings (SSSR count). The fourth-order valence-corrected chi connectivity index (χ4v) is 4.28. The number of aromatic nitrogens is 1. The Morgan fingerprint density at radius 3 is 2.35 bits per heavy atom. The van der Waals surface area contributed by atoms with Crippen molar-refractivity contribution in [2.75, 3.05) is 13.1 Å².